The van der Waals surface area contributed by atoms with Gasteiger partial charge in [-0.1, -0.05) is 12.1 Å². The fraction of sp³-hybridized carbons (Fsp3) is 0.294. The number of hydrogen-bond acceptors (Lipinski definition) is 7. The third-order valence-corrected chi connectivity index (χ3v) is 5.29. The number of ether oxygens (including phenoxy) is 1. The Balaban J connectivity index is 1.79. The van der Waals surface area contributed by atoms with Gasteiger partial charge in [0, 0.05) is 17.3 Å². The first-order chi connectivity index (χ1) is 12.8. The number of esters is 1. The molecule has 2 N–H and O–H groups in total. The van der Waals surface area contributed by atoms with Crippen molar-refractivity contribution in [3.8, 4) is 0 Å². The molecular weight excluding hydrogens is 372 g/mol. The van der Waals surface area contributed by atoms with Gasteiger partial charge in [-0.25, -0.2) is 32.7 Å². The molecule has 10 heteroatoms. The van der Waals surface area contributed by atoms with E-state index in [1.807, 2.05) is 10.8 Å². The summed E-state index contributed by atoms with van der Waals surface area (Å²) in [5, 5.41) is 2.33. The van der Waals surface area contributed by atoms with Crippen LogP contribution in [0.2, 0.25) is 0 Å². The Kier molecular flexibility index (Phi) is 5.08. The maximum Gasteiger partial charge on any atom is 0.339 e. The van der Waals surface area contributed by atoms with Crippen molar-refractivity contribution in [2.75, 3.05) is 12.4 Å². The number of nitrogens with one attached hydrogen (secondary N) is 2. The number of urea groups is 1. The summed E-state index contributed by atoms with van der Waals surface area (Å²) in [5.74, 6) is -0.454. The molecule has 2 amide bonds. The zero-order valence-corrected chi connectivity index (χ0v) is 15.5. The van der Waals surface area contributed by atoms with Crippen molar-refractivity contribution in [2.45, 2.75) is 30.6 Å². The predicted octanol–water partition coefficient (Wildman–Crippen LogP) is 1.96. The van der Waals surface area contributed by atoms with E-state index in [4.69, 9.17) is 0 Å². The molecule has 0 radical (unpaired) electrons. The van der Waals surface area contributed by atoms with Crippen molar-refractivity contribution in [3.05, 3.63) is 47.3 Å². The fourth-order valence-electron chi connectivity index (χ4n) is 2.52. The first-order valence-electron chi connectivity index (χ1n) is 8.17. The zero-order chi connectivity index (χ0) is 19.6. The maximum atomic E-state index is 12.5. The molecule has 0 atom stereocenters. The number of anilines is 1. The summed E-state index contributed by atoms with van der Waals surface area (Å²) in [6, 6.07) is 6.24. The second-order valence-corrected chi connectivity index (χ2v) is 7.73. The minimum Gasteiger partial charge on any atom is -0.465 e. The molecule has 3 rings (SSSR count). The van der Waals surface area contributed by atoms with E-state index in [1.165, 1.54) is 24.3 Å². The first kappa shape index (κ1) is 18.8. The van der Waals surface area contributed by atoms with Gasteiger partial charge in [0.05, 0.1) is 12.7 Å². The van der Waals surface area contributed by atoms with Gasteiger partial charge >= 0.3 is 12.0 Å². The Labute approximate surface area is 156 Å². The van der Waals surface area contributed by atoms with Gasteiger partial charge in [0.2, 0.25) is 5.95 Å². The van der Waals surface area contributed by atoms with E-state index in [9.17, 15) is 18.0 Å². The highest BCUT2D eigenvalue weighted by Crippen LogP contribution is 2.39. The van der Waals surface area contributed by atoms with Gasteiger partial charge < -0.3 is 4.74 Å². The monoisotopic (exact) mass is 390 g/mol. The van der Waals surface area contributed by atoms with E-state index in [2.05, 4.69) is 20.0 Å². The van der Waals surface area contributed by atoms with E-state index in [0.29, 0.717) is 11.6 Å². The summed E-state index contributed by atoms with van der Waals surface area (Å²) in [5.41, 5.74) is 1.31. The standard InChI is InChI=1S/C17H18N4O5S/c1-10-9-13(11-7-8-11)19-16(18-10)20-17(23)21-27(24,25)14-6-4-3-5-12(14)15(22)26-2/h3-6,9,11H,7-8H2,1-2H3,(H2,18,19,20,21,23). The molecule has 1 heterocycles. The first-order valence-corrected chi connectivity index (χ1v) is 9.65. The Bertz CT molecular complexity index is 1000. The number of amides is 2. The number of methoxy groups -OCH3 is 1. The quantitative estimate of drug-likeness (QED) is 0.747. The van der Waals surface area contributed by atoms with Crippen LogP contribution in [0.15, 0.2) is 35.2 Å². The lowest BCUT2D eigenvalue weighted by Gasteiger charge is -2.11. The summed E-state index contributed by atoms with van der Waals surface area (Å²) in [7, 11) is -3.17. The molecule has 142 valence electrons. The summed E-state index contributed by atoms with van der Waals surface area (Å²) in [6.45, 7) is 1.76. The Morgan fingerprint density at radius 3 is 2.56 bits per heavy atom. The third-order valence-electron chi connectivity index (χ3n) is 3.90. The van der Waals surface area contributed by atoms with Crippen LogP contribution < -0.4 is 10.0 Å². The molecule has 1 saturated carbocycles. The van der Waals surface area contributed by atoms with E-state index >= 15 is 0 Å². The normalized spacial score (nSPS) is 13.7. The summed E-state index contributed by atoms with van der Waals surface area (Å²) in [4.78, 5) is 31.9. The highest BCUT2D eigenvalue weighted by atomic mass is 32.2. The summed E-state index contributed by atoms with van der Waals surface area (Å²) >= 11 is 0. The molecule has 2 aromatic rings. The summed E-state index contributed by atoms with van der Waals surface area (Å²) in [6.07, 6.45) is 2.06. The van der Waals surface area contributed by atoms with Crippen molar-refractivity contribution in [1.29, 1.82) is 0 Å². The number of rotatable bonds is 5. The van der Waals surface area contributed by atoms with Gasteiger partial charge in [-0.15, -0.1) is 0 Å². The molecule has 9 nitrogen and oxygen atoms in total. The number of hydrogen-bond donors (Lipinski definition) is 2. The van der Waals surface area contributed by atoms with Crippen molar-refractivity contribution < 1.29 is 22.7 Å². The lowest BCUT2D eigenvalue weighted by molar-refractivity contribution is 0.0596. The van der Waals surface area contributed by atoms with Gasteiger partial charge in [-0.3, -0.25) is 5.32 Å². The van der Waals surface area contributed by atoms with E-state index in [1.54, 1.807) is 6.92 Å². The fourth-order valence-corrected chi connectivity index (χ4v) is 3.62. The molecule has 0 saturated heterocycles. The van der Waals surface area contributed by atoms with Crippen LogP contribution in [0.4, 0.5) is 10.7 Å². The van der Waals surface area contributed by atoms with Gasteiger partial charge in [0.15, 0.2) is 0 Å². The smallest absolute Gasteiger partial charge is 0.339 e. The van der Waals surface area contributed by atoms with E-state index in [0.717, 1.165) is 25.6 Å². The van der Waals surface area contributed by atoms with Crippen LogP contribution in [-0.2, 0) is 14.8 Å². The highest BCUT2D eigenvalue weighted by molar-refractivity contribution is 7.90. The minimum atomic E-state index is -4.31. The largest absolute Gasteiger partial charge is 0.465 e. The van der Waals surface area contributed by atoms with Gasteiger partial charge in [0.1, 0.15) is 4.90 Å². The molecule has 0 spiro atoms. The molecule has 1 aliphatic carbocycles. The van der Waals surface area contributed by atoms with Gasteiger partial charge in [-0.05, 0) is 38.0 Å². The Morgan fingerprint density at radius 1 is 1.19 bits per heavy atom. The molecule has 1 fully saturated rings. The number of aryl methyl sites for hydroxylation is 1. The van der Waals surface area contributed by atoms with Crippen LogP contribution in [0.1, 0.15) is 40.5 Å². The number of carbonyl (C=O) groups is 2. The second kappa shape index (κ2) is 7.31. The maximum absolute atomic E-state index is 12.5. The molecule has 27 heavy (non-hydrogen) atoms. The third kappa shape index (κ3) is 4.40. The Hall–Kier alpha value is -3.01. The average Bonchev–Trinajstić information content (AvgIpc) is 3.45. The van der Waals surface area contributed by atoms with Crippen LogP contribution in [-0.4, -0.2) is 37.5 Å². The van der Waals surface area contributed by atoms with E-state index in [-0.39, 0.29) is 16.4 Å². The molecule has 1 aromatic carbocycles. The van der Waals surface area contributed by atoms with Crippen LogP contribution in [0.5, 0.6) is 0 Å². The van der Waals surface area contributed by atoms with Crippen molar-refractivity contribution in [2.24, 2.45) is 0 Å². The molecule has 1 aliphatic rings. The predicted molar refractivity (Wildman–Crippen MR) is 95.9 cm³/mol. The molecule has 0 bridgehead atoms. The SMILES string of the molecule is COC(=O)c1ccccc1S(=O)(=O)NC(=O)Nc1nc(C)cc(C2CC2)n1. The lowest BCUT2D eigenvalue weighted by Crippen LogP contribution is -2.35. The van der Waals surface area contributed by atoms with Crippen LogP contribution in [0.25, 0.3) is 0 Å². The highest BCUT2D eigenvalue weighted by Gasteiger charge is 2.27. The van der Waals surface area contributed by atoms with Crippen molar-refractivity contribution in [1.82, 2.24) is 14.7 Å². The van der Waals surface area contributed by atoms with Crippen LogP contribution in [0, 0.1) is 6.92 Å². The lowest BCUT2D eigenvalue weighted by atomic mass is 10.2. The van der Waals surface area contributed by atoms with Crippen molar-refractivity contribution >= 4 is 28.0 Å². The number of carbonyl (C=O) groups excluding carboxylic acids is 2. The van der Waals surface area contributed by atoms with E-state index < -0.39 is 22.0 Å². The number of aromatic nitrogens is 2. The van der Waals surface area contributed by atoms with Gasteiger partial charge in [0.25, 0.3) is 10.0 Å². The molecule has 0 aliphatic heterocycles. The number of nitrogens with zero attached hydrogens (tertiary/aromatic N) is 2. The Morgan fingerprint density at radius 2 is 1.89 bits per heavy atom. The van der Waals surface area contributed by atoms with Crippen LogP contribution >= 0.6 is 0 Å². The van der Waals surface area contributed by atoms with Crippen molar-refractivity contribution in [3.63, 3.8) is 0 Å². The molecule has 1 aromatic heterocycles. The minimum absolute atomic E-state index is 0.0193. The average molecular weight is 390 g/mol. The van der Waals surface area contributed by atoms with Gasteiger partial charge in [-0.2, -0.15) is 0 Å². The summed E-state index contributed by atoms with van der Waals surface area (Å²) < 4.78 is 31.4. The van der Waals surface area contributed by atoms with Crippen LogP contribution in [0.3, 0.4) is 0 Å². The number of sulfonamides is 1. The molecule has 0 unspecified atom stereocenters. The topological polar surface area (TPSA) is 127 Å². The zero-order valence-electron chi connectivity index (χ0n) is 14.7. The number of benzene rings is 1. The second-order valence-electron chi connectivity index (χ2n) is 6.08. The molecular formula is C17H18N4O5S.